The summed E-state index contributed by atoms with van der Waals surface area (Å²) in [6.07, 6.45) is 15.0. The normalized spacial score (nSPS) is 11.4. The summed E-state index contributed by atoms with van der Waals surface area (Å²) in [6.45, 7) is 2.88. The second-order valence-electron chi connectivity index (χ2n) is 12.6. The number of methoxy groups -OCH3 is 4. The molecular formula is C44H56N4O8. The molecule has 4 aromatic rings. The summed E-state index contributed by atoms with van der Waals surface area (Å²) in [7, 11) is 6.11. The van der Waals surface area contributed by atoms with Crippen LogP contribution in [0.2, 0.25) is 0 Å². The van der Waals surface area contributed by atoms with Gasteiger partial charge in [-0.3, -0.25) is 20.0 Å². The Labute approximate surface area is 330 Å². The highest BCUT2D eigenvalue weighted by Gasteiger charge is 2.07. The number of phenolic OH excluding ortho intramolecular Hbond substituents is 4. The number of rotatable bonds is 22. The van der Waals surface area contributed by atoms with Crippen molar-refractivity contribution in [2.24, 2.45) is 20.0 Å². The van der Waals surface area contributed by atoms with Crippen molar-refractivity contribution in [3.8, 4) is 46.0 Å². The minimum Gasteiger partial charge on any atom is -0.504 e. The first-order chi connectivity index (χ1) is 27.3. The first-order valence-electron chi connectivity index (χ1n) is 18.8. The number of aliphatic imine (C=N–C) groups is 4. The van der Waals surface area contributed by atoms with Crippen molar-refractivity contribution < 1.29 is 39.4 Å². The fraction of sp³-hybridized carbons (Fsp3) is 0.364. The van der Waals surface area contributed by atoms with Gasteiger partial charge in [-0.05, 0) is 74.2 Å². The lowest BCUT2D eigenvalue weighted by Gasteiger charge is -2.05. The molecule has 56 heavy (non-hydrogen) atoms. The van der Waals surface area contributed by atoms with Crippen molar-refractivity contribution >= 4 is 24.9 Å². The molecule has 0 fully saturated rings. The standard InChI is InChI=1S/2C22H28N2O4/c2*1-27-19-11-7-9-17(21(19)25)15-23-13-5-3-4-6-14-24-16-18-10-8-12-20(28-2)22(18)26/h2*7-12,15-16,25-26H,3-6,13-14H2,1-2H3. The van der Waals surface area contributed by atoms with Crippen molar-refractivity contribution in [1.29, 1.82) is 0 Å². The second kappa shape index (κ2) is 25.9. The molecule has 0 heterocycles. The average molecular weight is 769 g/mol. The van der Waals surface area contributed by atoms with Gasteiger partial charge in [-0.2, -0.15) is 0 Å². The Morgan fingerprint density at radius 2 is 0.571 bits per heavy atom. The van der Waals surface area contributed by atoms with Crippen LogP contribution in [0.4, 0.5) is 0 Å². The van der Waals surface area contributed by atoms with E-state index in [1.807, 2.05) is 24.3 Å². The molecule has 12 heteroatoms. The predicted octanol–water partition coefficient (Wildman–Crippen LogP) is 8.43. The number of unbranched alkanes of at least 4 members (excludes halogenated alkanes) is 6. The molecule has 0 atom stereocenters. The molecule has 4 rings (SSSR count). The van der Waals surface area contributed by atoms with Gasteiger partial charge < -0.3 is 39.4 Å². The maximum Gasteiger partial charge on any atom is 0.166 e. The summed E-state index contributed by atoms with van der Waals surface area (Å²) >= 11 is 0. The number of hydrogen-bond acceptors (Lipinski definition) is 12. The summed E-state index contributed by atoms with van der Waals surface area (Å²) in [5, 5.41) is 40.0. The van der Waals surface area contributed by atoms with Gasteiger partial charge in [-0.15, -0.1) is 0 Å². The number of nitrogens with zero attached hydrogens (tertiary/aromatic N) is 4. The molecule has 0 radical (unpaired) electrons. The first kappa shape index (κ1) is 44.4. The maximum absolute atomic E-state index is 9.99. The number of benzene rings is 4. The lowest BCUT2D eigenvalue weighted by molar-refractivity contribution is 0.373. The van der Waals surface area contributed by atoms with Gasteiger partial charge in [0.1, 0.15) is 0 Å². The number of para-hydroxylation sites is 4. The lowest BCUT2D eigenvalue weighted by Crippen LogP contribution is -1.91. The van der Waals surface area contributed by atoms with E-state index in [0.29, 0.717) is 45.3 Å². The van der Waals surface area contributed by atoms with E-state index in [0.717, 1.165) is 77.5 Å². The van der Waals surface area contributed by atoms with Crippen LogP contribution >= 0.6 is 0 Å². The fourth-order valence-electron chi connectivity index (χ4n) is 5.40. The molecule has 0 saturated heterocycles. The van der Waals surface area contributed by atoms with E-state index in [-0.39, 0.29) is 23.0 Å². The number of ether oxygens (including phenoxy) is 4. The zero-order valence-electron chi connectivity index (χ0n) is 32.9. The van der Waals surface area contributed by atoms with Crippen LogP contribution in [0.3, 0.4) is 0 Å². The van der Waals surface area contributed by atoms with Crippen molar-refractivity contribution in [2.75, 3.05) is 54.6 Å². The second-order valence-corrected chi connectivity index (χ2v) is 12.6. The molecule has 12 nitrogen and oxygen atoms in total. The van der Waals surface area contributed by atoms with Crippen LogP contribution in [-0.2, 0) is 0 Å². The molecule has 300 valence electrons. The molecule has 4 N–H and O–H groups in total. The third-order valence-electron chi connectivity index (χ3n) is 8.57. The van der Waals surface area contributed by atoms with Crippen LogP contribution < -0.4 is 18.9 Å². The Morgan fingerprint density at radius 1 is 0.357 bits per heavy atom. The number of phenols is 4. The van der Waals surface area contributed by atoms with Crippen molar-refractivity contribution in [1.82, 2.24) is 0 Å². The van der Waals surface area contributed by atoms with Gasteiger partial charge in [0.2, 0.25) is 0 Å². The van der Waals surface area contributed by atoms with E-state index < -0.39 is 0 Å². The quantitative estimate of drug-likeness (QED) is 0.0457. The van der Waals surface area contributed by atoms with Gasteiger partial charge in [0.25, 0.3) is 0 Å². The van der Waals surface area contributed by atoms with E-state index in [1.54, 1.807) is 73.4 Å². The Kier molecular flexibility index (Phi) is 20.5. The lowest BCUT2D eigenvalue weighted by atomic mass is 10.2. The average Bonchev–Trinajstić information content (AvgIpc) is 3.21. The fourth-order valence-corrected chi connectivity index (χ4v) is 5.40. The maximum atomic E-state index is 9.99. The van der Waals surface area contributed by atoms with E-state index in [4.69, 9.17) is 18.9 Å². The van der Waals surface area contributed by atoms with Gasteiger partial charge in [-0.25, -0.2) is 0 Å². The third-order valence-corrected chi connectivity index (χ3v) is 8.57. The van der Waals surface area contributed by atoms with Gasteiger partial charge in [-0.1, -0.05) is 49.9 Å². The van der Waals surface area contributed by atoms with Crippen molar-refractivity contribution in [2.45, 2.75) is 51.4 Å². The Morgan fingerprint density at radius 3 is 0.768 bits per heavy atom. The molecule has 0 amide bonds. The molecule has 0 aliphatic rings. The number of aromatic hydroxyl groups is 4. The highest BCUT2D eigenvalue weighted by atomic mass is 16.5. The Bertz CT molecular complexity index is 1610. The van der Waals surface area contributed by atoms with Crippen LogP contribution in [0, 0.1) is 0 Å². The molecule has 0 unspecified atom stereocenters. The van der Waals surface area contributed by atoms with Gasteiger partial charge >= 0.3 is 0 Å². The largest absolute Gasteiger partial charge is 0.504 e. The Hall–Kier alpha value is -6.04. The van der Waals surface area contributed by atoms with Crippen LogP contribution in [-0.4, -0.2) is 99.9 Å². The zero-order chi connectivity index (χ0) is 40.4. The van der Waals surface area contributed by atoms with E-state index in [9.17, 15) is 20.4 Å². The monoisotopic (exact) mass is 768 g/mol. The summed E-state index contributed by atoms with van der Waals surface area (Å²) in [4.78, 5) is 17.5. The molecule has 0 aliphatic heterocycles. The molecule has 0 aliphatic carbocycles. The SMILES string of the molecule is COc1cccc(C=NCCCCCCN=Cc2cccc(OC)c2O)c1O.COc1cccc(C=NCCCCCCN=Cc2cccc(OC)c2O)c1O. The van der Waals surface area contributed by atoms with E-state index in [2.05, 4.69) is 20.0 Å². The zero-order valence-corrected chi connectivity index (χ0v) is 32.9. The predicted molar refractivity (Wildman–Crippen MR) is 225 cm³/mol. The van der Waals surface area contributed by atoms with Crippen molar-refractivity contribution in [3.05, 3.63) is 95.1 Å². The molecule has 4 aromatic carbocycles. The highest BCUT2D eigenvalue weighted by molar-refractivity contribution is 5.86. The summed E-state index contributed by atoms with van der Waals surface area (Å²) in [6, 6.07) is 21.4. The minimum atomic E-state index is 0.119. The minimum absolute atomic E-state index is 0.119. The number of hydrogen-bond donors (Lipinski definition) is 4. The van der Waals surface area contributed by atoms with E-state index >= 15 is 0 Å². The molecular weight excluding hydrogens is 713 g/mol. The molecule has 0 aromatic heterocycles. The van der Waals surface area contributed by atoms with Crippen LogP contribution in [0.1, 0.15) is 73.6 Å². The third kappa shape index (κ3) is 15.0. The van der Waals surface area contributed by atoms with Gasteiger partial charge in [0.05, 0.1) is 28.4 Å². The molecule has 0 spiro atoms. The molecule has 0 saturated carbocycles. The topological polar surface area (TPSA) is 167 Å². The summed E-state index contributed by atoms with van der Waals surface area (Å²) in [5.74, 6) is 2.28. The Balaban J connectivity index is 0.000000300. The van der Waals surface area contributed by atoms with E-state index in [1.165, 1.54) is 28.4 Å². The summed E-state index contributed by atoms with van der Waals surface area (Å²) < 4.78 is 20.3. The highest BCUT2D eigenvalue weighted by Crippen LogP contribution is 2.30. The van der Waals surface area contributed by atoms with Crippen LogP contribution in [0.25, 0.3) is 0 Å². The van der Waals surface area contributed by atoms with Gasteiger partial charge in [0.15, 0.2) is 46.0 Å². The first-order valence-corrected chi connectivity index (χ1v) is 18.8. The van der Waals surface area contributed by atoms with Gasteiger partial charge in [0, 0.05) is 73.3 Å². The molecule has 0 bridgehead atoms. The van der Waals surface area contributed by atoms with Crippen LogP contribution in [0.5, 0.6) is 46.0 Å². The van der Waals surface area contributed by atoms with Crippen molar-refractivity contribution in [3.63, 3.8) is 0 Å². The smallest absolute Gasteiger partial charge is 0.166 e. The van der Waals surface area contributed by atoms with Crippen LogP contribution in [0.15, 0.2) is 92.8 Å². The summed E-state index contributed by atoms with van der Waals surface area (Å²) in [5.41, 5.74) is 2.65.